The number of phenolic OH excluding ortho intramolecular Hbond substituents is 1. The van der Waals surface area contributed by atoms with Crippen molar-refractivity contribution in [1.82, 2.24) is 4.90 Å². The topological polar surface area (TPSA) is 56.2 Å². The quantitative estimate of drug-likeness (QED) is 0.735. The van der Waals surface area contributed by atoms with E-state index in [-0.39, 0.29) is 6.61 Å². The van der Waals surface area contributed by atoms with Crippen molar-refractivity contribution in [3.8, 4) is 5.75 Å². The average Bonchev–Trinajstić information content (AvgIpc) is 2.45. The van der Waals surface area contributed by atoms with Gasteiger partial charge in [-0.05, 0) is 12.1 Å². The van der Waals surface area contributed by atoms with Gasteiger partial charge in [0.15, 0.2) is 0 Å². The molecule has 0 spiro atoms. The largest absolute Gasteiger partial charge is 0.506 e. The Balaban J connectivity index is 1.75. The summed E-state index contributed by atoms with van der Waals surface area (Å²) < 4.78 is 5.27. The number of para-hydroxylation sites is 2. The Morgan fingerprint density at radius 2 is 1.79 bits per heavy atom. The molecule has 1 aliphatic rings. The zero-order valence-electron chi connectivity index (χ0n) is 11.2. The third kappa shape index (κ3) is 4.09. The molecule has 0 amide bonds. The van der Waals surface area contributed by atoms with Gasteiger partial charge >= 0.3 is 0 Å². The number of phenols is 1. The second-order valence-corrected chi connectivity index (χ2v) is 4.65. The van der Waals surface area contributed by atoms with E-state index in [2.05, 4.69) is 9.80 Å². The summed E-state index contributed by atoms with van der Waals surface area (Å²) >= 11 is 0. The highest BCUT2D eigenvalue weighted by Gasteiger charge is 2.18. The van der Waals surface area contributed by atoms with Gasteiger partial charge in [0.2, 0.25) is 0 Å². The molecule has 1 saturated heterocycles. The van der Waals surface area contributed by atoms with Crippen molar-refractivity contribution in [1.29, 1.82) is 0 Å². The van der Waals surface area contributed by atoms with Crippen LogP contribution in [0.3, 0.4) is 0 Å². The summed E-state index contributed by atoms with van der Waals surface area (Å²) in [6, 6.07) is 7.47. The average molecular weight is 266 g/mol. The minimum absolute atomic E-state index is 0.0844. The summed E-state index contributed by atoms with van der Waals surface area (Å²) in [5, 5.41) is 18.5. The molecular formula is C14H22N2O3. The summed E-state index contributed by atoms with van der Waals surface area (Å²) in [6.07, 6.45) is 0. The number of hydrogen-bond acceptors (Lipinski definition) is 5. The maximum atomic E-state index is 9.83. The molecule has 0 radical (unpaired) electrons. The highest BCUT2D eigenvalue weighted by atomic mass is 16.5. The number of aromatic hydroxyl groups is 1. The van der Waals surface area contributed by atoms with Crippen LogP contribution < -0.4 is 4.90 Å². The number of rotatable bonds is 6. The summed E-state index contributed by atoms with van der Waals surface area (Å²) in [4.78, 5) is 4.55. The van der Waals surface area contributed by atoms with E-state index < -0.39 is 0 Å². The van der Waals surface area contributed by atoms with E-state index in [1.807, 2.05) is 18.2 Å². The van der Waals surface area contributed by atoms with Gasteiger partial charge in [0.25, 0.3) is 0 Å². The number of nitrogens with zero attached hydrogens (tertiary/aromatic N) is 2. The van der Waals surface area contributed by atoms with Crippen LogP contribution in [0, 0.1) is 0 Å². The molecule has 106 valence electrons. The minimum Gasteiger partial charge on any atom is -0.506 e. The van der Waals surface area contributed by atoms with Crippen molar-refractivity contribution in [2.75, 3.05) is 57.4 Å². The molecule has 0 aliphatic carbocycles. The fourth-order valence-corrected chi connectivity index (χ4v) is 2.30. The maximum Gasteiger partial charge on any atom is 0.138 e. The molecule has 1 aromatic rings. The molecule has 1 heterocycles. The first-order valence-corrected chi connectivity index (χ1v) is 6.75. The number of piperazine rings is 1. The van der Waals surface area contributed by atoms with Crippen LogP contribution in [0.2, 0.25) is 0 Å². The van der Waals surface area contributed by atoms with E-state index >= 15 is 0 Å². The van der Waals surface area contributed by atoms with Crippen molar-refractivity contribution in [3.63, 3.8) is 0 Å². The summed E-state index contributed by atoms with van der Waals surface area (Å²) in [6.45, 7) is 5.83. The Kier molecular flexibility index (Phi) is 5.44. The Bertz CT molecular complexity index is 379. The van der Waals surface area contributed by atoms with Gasteiger partial charge in [0, 0.05) is 32.7 Å². The standard InChI is InChI=1S/C14H22N2O3/c17-10-12-19-11-9-15-5-7-16(8-6-15)13-3-1-2-4-14(13)18/h1-4,17-18H,5-12H2. The molecule has 5 nitrogen and oxygen atoms in total. The predicted octanol–water partition coefficient (Wildman–Crippen LogP) is 0.523. The molecule has 5 heteroatoms. The highest BCUT2D eigenvalue weighted by molar-refractivity contribution is 5.57. The van der Waals surface area contributed by atoms with Crippen molar-refractivity contribution >= 4 is 5.69 Å². The van der Waals surface area contributed by atoms with Crippen LogP contribution in [0.5, 0.6) is 5.75 Å². The number of anilines is 1. The van der Waals surface area contributed by atoms with E-state index in [1.54, 1.807) is 6.07 Å². The molecule has 1 aromatic carbocycles. The van der Waals surface area contributed by atoms with E-state index in [1.165, 1.54) is 0 Å². The SMILES string of the molecule is OCCOCCN1CCN(c2ccccc2O)CC1. The monoisotopic (exact) mass is 266 g/mol. The molecule has 1 fully saturated rings. The third-order valence-corrected chi connectivity index (χ3v) is 3.38. The number of aliphatic hydroxyl groups excluding tert-OH is 1. The molecule has 0 aromatic heterocycles. The molecule has 1 aliphatic heterocycles. The smallest absolute Gasteiger partial charge is 0.138 e. The van der Waals surface area contributed by atoms with Crippen molar-refractivity contribution in [2.24, 2.45) is 0 Å². The van der Waals surface area contributed by atoms with Gasteiger partial charge in [-0.15, -0.1) is 0 Å². The van der Waals surface area contributed by atoms with Crippen LogP contribution in [0.4, 0.5) is 5.69 Å². The minimum atomic E-state index is 0.0844. The van der Waals surface area contributed by atoms with Gasteiger partial charge in [-0.2, -0.15) is 0 Å². The Morgan fingerprint density at radius 3 is 2.47 bits per heavy atom. The third-order valence-electron chi connectivity index (χ3n) is 3.38. The molecule has 0 unspecified atom stereocenters. The molecule has 2 rings (SSSR count). The predicted molar refractivity (Wildman–Crippen MR) is 74.7 cm³/mol. The van der Waals surface area contributed by atoms with E-state index in [0.717, 1.165) is 38.4 Å². The van der Waals surface area contributed by atoms with Gasteiger partial charge in [-0.3, -0.25) is 4.90 Å². The molecule has 0 saturated carbocycles. The highest BCUT2D eigenvalue weighted by Crippen LogP contribution is 2.26. The Labute approximate surface area is 114 Å². The van der Waals surface area contributed by atoms with Crippen molar-refractivity contribution < 1.29 is 14.9 Å². The first-order chi connectivity index (χ1) is 9.31. The summed E-state index contributed by atoms with van der Waals surface area (Å²) in [7, 11) is 0. The van der Waals surface area contributed by atoms with Gasteiger partial charge in [-0.1, -0.05) is 12.1 Å². The zero-order valence-corrected chi connectivity index (χ0v) is 11.2. The molecule has 0 bridgehead atoms. The lowest BCUT2D eigenvalue weighted by Crippen LogP contribution is -2.47. The van der Waals surface area contributed by atoms with E-state index in [9.17, 15) is 5.11 Å². The lowest BCUT2D eigenvalue weighted by Gasteiger charge is -2.36. The van der Waals surface area contributed by atoms with E-state index in [0.29, 0.717) is 19.0 Å². The Morgan fingerprint density at radius 1 is 1.05 bits per heavy atom. The first kappa shape index (κ1) is 14.1. The van der Waals surface area contributed by atoms with Crippen LogP contribution >= 0.6 is 0 Å². The molecule has 2 N–H and O–H groups in total. The number of benzene rings is 1. The lowest BCUT2D eigenvalue weighted by atomic mass is 10.2. The van der Waals surface area contributed by atoms with Crippen LogP contribution in [-0.2, 0) is 4.74 Å². The van der Waals surface area contributed by atoms with Gasteiger partial charge in [0.1, 0.15) is 5.75 Å². The van der Waals surface area contributed by atoms with Crippen LogP contribution in [0.1, 0.15) is 0 Å². The van der Waals surface area contributed by atoms with Crippen molar-refractivity contribution in [3.05, 3.63) is 24.3 Å². The first-order valence-electron chi connectivity index (χ1n) is 6.75. The van der Waals surface area contributed by atoms with E-state index in [4.69, 9.17) is 9.84 Å². The summed E-state index contributed by atoms with van der Waals surface area (Å²) in [5.41, 5.74) is 0.915. The molecular weight excluding hydrogens is 244 g/mol. The summed E-state index contributed by atoms with van der Waals surface area (Å²) in [5.74, 6) is 0.349. The number of hydrogen-bond donors (Lipinski definition) is 2. The fraction of sp³-hybridized carbons (Fsp3) is 0.571. The number of aliphatic hydroxyl groups is 1. The van der Waals surface area contributed by atoms with Gasteiger partial charge in [0.05, 0.1) is 25.5 Å². The number of ether oxygens (including phenoxy) is 1. The van der Waals surface area contributed by atoms with Gasteiger partial charge < -0.3 is 19.8 Å². The second kappa shape index (κ2) is 7.33. The zero-order chi connectivity index (χ0) is 13.5. The Hall–Kier alpha value is -1.30. The molecule has 0 atom stereocenters. The second-order valence-electron chi connectivity index (χ2n) is 4.65. The van der Waals surface area contributed by atoms with Gasteiger partial charge in [-0.25, -0.2) is 0 Å². The lowest BCUT2D eigenvalue weighted by molar-refractivity contribution is 0.0724. The van der Waals surface area contributed by atoms with Crippen LogP contribution in [0.25, 0.3) is 0 Å². The van der Waals surface area contributed by atoms with Crippen molar-refractivity contribution in [2.45, 2.75) is 0 Å². The normalized spacial score (nSPS) is 16.8. The molecule has 19 heavy (non-hydrogen) atoms. The van der Waals surface area contributed by atoms with Crippen LogP contribution in [0.15, 0.2) is 24.3 Å². The fourth-order valence-electron chi connectivity index (χ4n) is 2.30. The maximum absolute atomic E-state index is 9.83. The van der Waals surface area contributed by atoms with Crippen LogP contribution in [-0.4, -0.2) is 67.7 Å².